The molecular formula is C11H16N8O2. The lowest BCUT2D eigenvalue weighted by Crippen LogP contribution is -2.32. The maximum Gasteiger partial charge on any atom is 0.257 e. The Morgan fingerprint density at radius 2 is 2.29 bits per heavy atom. The van der Waals surface area contributed by atoms with Crippen LogP contribution in [0, 0.1) is 0 Å². The van der Waals surface area contributed by atoms with Gasteiger partial charge in [-0.15, -0.1) is 0 Å². The quantitative estimate of drug-likeness (QED) is 0.543. The number of methoxy groups -OCH3 is 1. The molecule has 112 valence electrons. The number of rotatable bonds is 7. The molecule has 0 radical (unpaired) electrons. The average Bonchev–Trinajstić information content (AvgIpc) is 2.99. The van der Waals surface area contributed by atoms with Crippen molar-refractivity contribution in [2.75, 3.05) is 37.9 Å². The van der Waals surface area contributed by atoms with E-state index in [2.05, 4.69) is 30.7 Å². The minimum atomic E-state index is -0.202. The number of hydrogen-bond acceptors (Lipinski definition) is 8. The van der Waals surface area contributed by atoms with Crippen LogP contribution in [0.1, 0.15) is 0 Å². The molecule has 0 aromatic carbocycles. The maximum atomic E-state index is 11.5. The van der Waals surface area contributed by atoms with E-state index in [1.807, 2.05) is 0 Å². The highest BCUT2D eigenvalue weighted by Crippen LogP contribution is 2.05. The van der Waals surface area contributed by atoms with Gasteiger partial charge in [-0.05, 0) is 6.07 Å². The number of ether oxygens (including phenoxy) is 1. The number of nitrogens with one attached hydrogen (secondary N) is 2. The van der Waals surface area contributed by atoms with Crippen LogP contribution < -0.4 is 16.4 Å². The number of carbonyl (C=O) groups excluding carboxylic acids is 1. The largest absolute Gasteiger partial charge is 0.383 e. The van der Waals surface area contributed by atoms with Gasteiger partial charge in [0.2, 0.25) is 17.8 Å². The molecule has 0 spiro atoms. The second-order valence-corrected chi connectivity index (χ2v) is 3.96. The van der Waals surface area contributed by atoms with Crippen LogP contribution in [-0.2, 0) is 9.53 Å². The second kappa shape index (κ2) is 7.14. The van der Waals surface area contributed by atoms with Gasteiger partial charge in [0.1, 0.15) is 0 Å². The Labute approximate surface area is 120 Å². The molecule has 0 bridgehead atoms. The molecule has 0 unspecified atom stereocenters. The summed E-state index contributed by atoms with van der Waals surface area (Å²) in [6, 6.07) is 1.73. The Hall–Kier alpha value is -2.75. The van der Waals surface area contributed by atoms with E-state index >= 15 is 0 Å². The zero-order chi connectivity index (χ0) is 15.1. The van der Waals surface area contributed by atoms with Gasteiger partial charge < -0.3 is 21.1 Å². The van der Waals surface area contributed by atoms with E-state index in [1.54, 1.807) is 25.6 Å². The monoisotopic (exact) mass is 292 g/mol. The second-order valence-electron chi connectivity index (χ2n) is 3.96. The number of anilines is 2. The van der Waals surface area contributed by atoms with Crippen molar-refractivity contribution >= 4 is 17.8 Å². The molecule has 0 aliphatic carbocycles. The molecule has 0 aliphatic rings. The third-order valence-corrected chi connectivity index (χ3v) is 2.39. The molecule has 2 aromatic heterocycles. The first-order valence-corrected chi connectivity index (χ1v) is 6.20. The molecule has 0 fully saturated rings. The smallest absolute Gasteiger partial charge is 0.257 e. The number of aromatic nitrogens is 5. The van der Waals surface area contributed by atoms with Gasteiger partial charge in [0.05, 0.1) is 13.2 Å². The molecule has 1 amide bonds. The van der Waals surface area contributed by atoms with E-state index in [-0.39, 0.29) is 30.3 Å². The van der Waals surface area contributed by atoms with Gasteiger partial charge in [-0.25, -0.2) is 4.68 Å². The van der Waals surface area contributed by atoms with Crippen molar-refractivity contribution in [3.05, 3.63) is 18.5 Å². The Morgan fingerprint density at radius 3 is 3.00 bits per heavy atom. The highest BCUT2D eigenvalue weighted by Gasteiger charge is 2.08. The van der Waals surface area contributed by atoms with Crippen molar-refractivity contribution in [1.29, 1.82) is 0 Å². The van der Waals surface area contributed by atoms with Crippen LogP contribution in [0.2, 0.25) is 0 Å². The van der Waals surface area contributed by atoms with E-state index in [0.29, 0.717) is 13.2 Å². The minimum Gasteiger partial charge on any atom is -0.383 e. The van der Waals surface area contributed by atoms with Crippen LogP contribution in [-0.4, -0.2) is 57.4 Å². The van der Waals surface area contributed by atoms with E-state index < -0.39 is 0 Å². The third-order valence-electron chi connectivity index (χ3n) is 2.39. The fourth-order valence-corrected chi connectivity index (χ4v) is 1.46. The molecule has 2 rings (SSSR count). The van der Waals surface area contributed by atoms with E-state index in [1.165, 1.54) is 4.68 Å². The first-order valence-electron chi connectivity index (χ1n) is 6.20. The summed E-state index contributed by atoms with van der Waals surface area (Å²) >= 11 is 0. The van der Waals surface area contributed by atoms with Crippen molar-refractivity contribution < 1.29 is 9.53 Å². The number of nitrogens with two attached hydrogens (primary N) is 1. The molecule has 10 nitrogen and oxygen atoms in total. The molecule has 0 aliphatic heterocycles. The molecule has 0 atom stereocenters. The van der Waals surface area contributed by atoms with Crippen LogP contribution in [0.4, 0.5) is 11.9 Å². The Kier molecular flexibility index (Phi) is 4.99. The number of hydrogen-bond donors (Lipinski definition) is 3. The van der Waals surface area contributed by atoms with Gasteiger partial charge in [0, 0.05) is 26.0 Å². The van der Waals surface area contributed by atoms with Gasteiger partial charge in [0.15, 0.2) is 0 Å². The average molecular weight is 292 g/mol. The summed E-state index contributed by atoms with van der Waals surface area (Å²) in [4.78, 5) is 23.5. The zero-order valence-electron chi connectivity index (χ0n) is 11.5. The molecule has 21 heavy (non-hydrogen) atoms. The fourth-order valence-electron chi connectivity index (χ4n) is 1.46. The highest BCUT2D eigenvalue weighted by molar-refractivity contribution is 5.80. The summed E-state index contributed by atoms with van der Waals surface area (Å²) in [6.07, 6.45) is 3.27. The van der Waals surface area contributed by atoms with Crippen LogP contribution in [0.25, 0.3) is 5.95 Å². The lowest BCUT2D eigenvalue weighted by atomic mass is 10.5. The SMILES string of the molecule is COCCNC(=O)CNc1nc(N)nc(-n2cccn2)n1. The predicted octanol–water partition coefficient (Wildman–Crippen LogP) is -1.19. The predicted molar refractivity (Wildman–Crippen MR) is 74.7 cm³/mol. The first-order chi connectivity index (χ1) is 10.2. The van der Waals surface area contributed by atoms with Crippen molar-refractivity contribution in [3.8, 4) is 5.95 Å². The molecular weight excluding hydrogens is 276 g/mol. The van der Waals surface area contributed by atoms with Gasteiger partial charge in [0.25, 0.3) is 5.95 Å². The number of amides is 1. The summed E-state index contributed by atoms with van der Waals surface area (Å²) in [6.45, 7) is 0.911. The molecule has 2 heterocycles. The Morgan fingerprint density at radius 1 is 1.43 bits per heavy atom. The van der Waals surface area contributed by atoms with Crippen molar-refractivity contribution in [1.82, 2.24) is 30.0 Å². The summed E-state index contributed by atoms with van der Waals surface area (Å²) in [5.41, 5.74) is 5.61. The van der Waals surface area contributed by atoms with Crippen molar-refractivity contribution in [2.24, 2.45) is 0 Å². The fraction of sp³-hybridized carbons (Fsp3) is 0.364. The standard InChI is InChI=1S/C11H16N8O2/c1-21-6-4-13-8(20)7-14-10-16-9(12)17-11(18-10)19-5-2-3-15-19/h2-3,5H,4,6-7H2,1H3,(H,13,20)(H3,12,14,16,17,18). The van der Waals surface area contributed by atoms with E-state index in [9.17, 15) is 4.79 Å². The summed E-state index contributed by atoms with van der Waals surface area (Å²) in [7, 11) is 1.56. The highest BCUT2D eigenvalue weighted by atomic mass is 16.5. The van der Waals surface area contributed by atoms with Gasteiger partial charge >= 0.3 is 0 Å². The van der Waals surface area contributed by atoms with Crippen molar-refractivity contribution in [3.63, 3.8) is 0 Å². The van der Waals surface area contributed by atoms with Crippen LogP contribution in [0.3, 0.4) is 0 Å². The summed E-state index contributed by atoms with van der Waals surface area (Å²) in [5.74, 6) is 0.314. The van der Waals surface area contributed by atoms with E-state index in [4.69, 9.17) is 10.5 Å². The zero-order valence-corrected chi connectivity index (χ0v) is 11.5. The van der Waals surface area contributed by atoms with Crippen molar-refractivity contribution in [2.45, 2.75) is 0 Å². The minimum absolute atomic E-state index is 0.0196. The topological polar surface area (TPSA) is 133 Å². The molecule has 0 saturated heterocycles. The Bertz CT molecular complexity index is 586. The Balaban J connectivity index is 1.96. The molecule has 10 heteroatoms. The molecule has 0 saturated carbocycles. The van der Waals surface area contributed by atoms with E-state index in [0.717, 1.165) is 0 Å². The van der Waals surface area contributed by atoms with Gasteiger partial charge in [-0.3, -0.25) is 4.79 Å². The summed E-state index contributed by atoms with van der Waals surface area (Å²) < 4.78 is 6.28. The third kappa shape index (κ3) is 4.38. The maximum absolute atomic E-state index is 11.5. The summed E-state index contributed by atoms with van der Waals surface area (Å²) in [5, 5.41) is 9.44. The van der Waals surface area contributed by atoms with Crippen LogP contribution in [0.5, 0.6) is 0 Å². The lowest BCUT2D eigenvalue weighted by Gasteiger charge is -2.07. The number of nitrogens with zero attached hydrogens (tertiary/aromatic N) is 5. The molecule has 4 N–H and O–H groups in total. The van der Waals surface area contributed by atoms with Crippen LogP contribution in [0.15, 0.2) is 18.5 Å². The number of carbonyl (C=O) groups is 1. The normalized spacial score (nSPS) is 10.3. The van der Waals surface area contributed by atoms with Crippen LogP contribution >= 0.6 is 0 Å². The first kappa shape index (κ1) is 14.7. The van der Waals surface area contributed by atoms with Gasteiger partial charge in [-0.2, -0.15) is 20.1 Å². The number of nitrogen functional groups attached to an aromatic ring is 1. The lowest BCUT2D eigenvalue weighted by molar-refractivity contribution is -0.119. The van der Waals surface area contributed by atoms with Gasteiger partial charge in [-0.1, -0.05) is 0 Å². The molecule has 2 aromatic rings.